The molecule has 1 aromatic heterocycles. The molecule has 0 radical (unpaired) electrons. The van der Waals surface area contributed by atoms with Gasteiger partial charge in [0.05, 0.1) is 0 Å². The van der Waals surface area contributed by atoms with Crippen LogP contribution in [0.3, 0.4) is 0 Å². The van der Waals surface area contributed by atoms with Crippen molar-refractivity contribution in [1.82, 2.24) is 10.2 Å². The normalized spacial score (nSPS) is 11.1. The predicted molar refractivity (Wildman–Crippen MR) is 59.1 cm³/mol. The summed E-state index contributed by atoms with van der Waals surface area (Å²) in [6, 6.07) is 8.24. The van der Waals surface area contributed by atoms with E-state index in [-0.39, 0.29) is 0 Å². The molecule has 0 unspecified atom stereocenters. The average molecular weight is 200 g/mol. The number of aryl methyl sites for hydroxylation is 2. The fourth-order valence-electron chi connectivity index (χ4n) is 1.22. The van der Waals surface area contributed by atoms with Gasteiger partial charge < -0.3 is 4.42 Å². The molecule has 0 aliphatic rings. The van der Waals surface area contributed by atoms with Crippen molar-refractivity contribution < 1.29 is 4.42 Å². The van der Waals surface area contributed by atoms with Gasteiger partial charge in [-0.25, -0.2) is 0 Å². The van der Waals surface area contributed by atoms with Gasteiger partial charge in [0.1, 0.15) is 0 Å². The van der Waals surface area contributed by atoms with Gasteiger partial charge in [-0.3, -0.25) is 0 Å². The van der Waals surface area contributed by atoms with Crippen molar-refractivity contribution >= 4 is 12.2 Å². The van der Waals surface area contributed by atoms with Crippen molar-refractivity contribution in [3.63, 3.8) is 0 Å². The van der Waals surface area contributed by atoms with Crippen LogP contribution in [-0.2, 0) is 0 Å². The van der Waals surface area contributed by atoms with Crippen LogP contribution in [0.25, 0.3) is 12.2 Å². The third-order valence-electron chi connectivity index (χ3n) is 2.04. The first-order chi connectivity index (χ1) is 7.24. The first kappa shape index (κ1) is 9.65. The molecule has 2 rings (SSSR count). The standard InChI is InChI=1S/C12H12N2O/c1-9-3-5-11(6-4-9)7-8-12-14-13-10(2)15-12/h3-8H,1-2H3. The smallest absolute Gasteiger partial charge is 0.240 e. The van der Waals surface area contributed by atoms with Crippen molar-refractivity contribution in [1.29, 1.82) is 0 Å². The Labute approximate surface area is 88.5 Å². The molecule has 1 heterocycles. The highest BCUT2D eigenvalue weighted by Crippen LogP contribution is 2.08. The predicted octanol–water partition coefficient (Wildman–Crippen LogP) is 2.86. The van der Waals surface area contributed by atoms with Gasteiger partial charge in [0, 0.05) is 13.0 Å². The molecule has 1 aromatic carbocycles. The van der Waals surface area contributed by atoms with E-state index in [1.165, 1.54) is 5.56 Å². The van der Waals surface area contributed by atoms with E-state index in [4.69, 9.17) is 4.42 Å². The van der Waals surface area contributed by atoms with Gasteiger partial charge in [-0.1, -0.05) is 29.8 Å². The zero-order valence-electron chi connectivity index (χ0n) is 8.77. The molecule has 0 fully saturated rings. The fraction of sp³-hybridized carbons (Fsp3) is 0.167. The van der Waals surface area contributed by atoms with E-state index in [1.807, 2.05) is 12.2 Å². The molecule has 0 bridgehead atoms. The van der Waals surface area contributed by atoms with Gasteiger partial charge in [-0.05, 0) is 18.6 Å². The molecular weight excluding hydrogens is 188 g/mol. The first-order valence-corrected chi connectivity index (χ1v) is 4.79. The summed E-state index contributed by atoms with van der Waals surface area (Å²) in [5.41, 5.74) is 2.37. The molecule has 0 saturated carbocycles. The lowest BCUT2D eigenvalue weighted by Gasteiger charge is -1.93. The maximum Gasteiger partial charge on any atom is 0.240 e. The van der Waals surface area contributed by atoms with Gasteiger partial charge in [0.15, 0.2) is 0 Å². The van der Waals surface area contributed by atoms with E-state index >= 15 is 0 Å². The molecule has 3 heteroatoms. The summed E-state index contributed by atoms with van der Waals surface area (Å²) in [5, 5.41) is 7.62. The lowest BCUT2D eigenvalue weighted by atomic mass is 10.1. The number of hydrogen-bond donors (Lipinski definition) is 0. The second-order valence-corrected chi connectivity index (χ2v) is 3.40. The van der Waals surface area contributed by atoms with Crippen LogP contribution in [0.2, 0.25) is 0 Å². The van der Waals surface area contributed by atoms with Gasteiger partial charge >= 0.3 is 0 Å². The summed E-state index contributed by atoms with van der Waals surface area (Å²) in [7, 11) is 0. The molecule has 0 aliphatic heterocycles. The summed E-state index contributed by atoms with van der Waals surface area (Å²) in [6.07, 6.45) is 3.76. The minimum Gasteiger partial charge on any atom is -0.422 e. The Morgan fingerprint density at radius 2 is 1.73 bits per heavy atom. The van der Waals surface area contributed by atoms with Gasteiger partial charge in [-0.2, -0.15) is 0 Å². The molecule has 2 aromatic rings. The third-order valence-corrected chi connectivity index (χ3v) is 2.04. The largest absolute Gasteiger partial charge is 0.422 e. The Hall–Kier alpha value is -1.90. The number of nitrogens with zero attached hydrogens (tertiary/aromatic N) is 2. The molecule has 0 aliphatic carbocycles. The third kappa shape index (κ3) is 2.53. The maximum absolute atomic E-state index is 5.22. The second kappa shape index (κ2) is 4.09. The van der Waals surface area contributed by atoms with Crippen LogP contribution in [0.4, 0.5) is 0 Å². The molecule has 76 valence electrons. The van der Waals surface area contributed by atoms with Crippen molar-refractivity contribution in [2.75, 3.05) is 0 Å². The van der Waals surface area contributed by atoms with Crippen molar-refractivity contribution in [2.24, 2.45) is 0 Å². The Bertz CT molecular complexity index is 469. The van der Waals surface area contributed by atoms with E-state index in [0.717, 1.165) is 5.56 Å². The number of aromatic nitrogens is 2. The monoisotopic (exact) mass is 200 g/mol. The highest BCUT2D eigenvalue weighted by atomic mass is 16.4. The van der Waals surface area contributed by atoms with Crippen molar-refractivity contribution in [3.05, 3.63) is 47.2 Å². The fourth-order valence-corrected chi connectivity index (χ4v) is 1.22. The van der Waals surface area contributed by atoms with E-state index in [9.17, 15) is 0 Å². The average Bonchev–Trinajstić information content (AvgIpc) is 2.64. The summed E-state index contributed by atoms with van der Waals surface area (Å²) in [6.45, 7) is 3.84. The zero-order chi connectivity index (χ0) is 10.7. The van der Waals surface area contributed by atoms with Crippen LogP contribution in [-0.4, -0.2) is 10.2 Å². The van der Waals surface area contributed by atoms with E-state index in [0.29, 0.717) is 11.8 Å². The highest BCUT2D eigenvalue weighted by molar-refractivity contribution is 5.65. The molecule has 0 atom stereocenters. The summed E-state index contributed by atoms with van der Waals surface area (Å²) in [4.78, 5) is 0. The summed E-state index contributed by atoms with van der Waals surface area (Å²) in [5.74, 6) is 1.12. The topological polar surface area (TPSA) is 38.9 Å². The van der Waals surface area contributed by atoms with E-state index < -0.39 is 0 Å². The summed E-state index contributed by atoms with van der Waals surface area (Å²) >= 11 is 0. The van der Waals surface area contributed by atoms with Gasteiger partial charge in [-0.15, -0.1) is 10.2 Å². The Kier molecular flexibility index (Phi) is 2.63. The molecule has 0 saturated heterocycles. The number of hydrogen-bond acceptors (Lipinski definition) is 3. The van der Waals surface area contributed by atoms with Gasteiger partial charge in [0.2, 0.25) is 11.8 Å². The van der Waals surface area contributed by atoms with E-state index in [1.54, 1.807) is 6.92 Å². The quantitative estimate of drug-likeness (QED) is 0.748. The lowest BCUT2D eigenvalue weighted by Crippen LogP contribution is -1.74. The SMILES string of the molecule is Cc1ccc(C=Cc2nnc(C)o2)cc1. The lowest BCUT2D eigenvalue weighted by molar-refractivity contribution is 0.510. The molecule has 0 N–H and O–H groups in total. The Balaban J connectivity index is 2.14. The molecule has 3 nitrogen and oxygen atoms in total. The summed E-state index contributed by atoms with van der Waals surface area (Å²) < 4.78 is 5.22. The van der Waals surface area contributed by atoms with Crippen molar-refractivity contribution in [3.8, 4) is 0 Å². The van der Waals surface area contributed by atoms with Crippen LogP contribution >= 0.6 is 0 Å². The zero-order valence-corrected chi connectivity index (χ0v) is 8.77. The Morgan fingerprint density at radius 1 is 1.00 bits per heavy atom. The minimum absolute atomic E-state index is 0.535. The number of rotatable bonds is 2. The van der Waals surface area contributed by atoms with E-state index in [2.05, 4.69) is 41.4 Å². The maximum atomic E-state index is 5.22. The van der Waals surface area contributed by atoms with Crippen LogP contribution in [0.15, 0.2) is 28.7 Å². The minimum atomic E-state index is 0.535. The van der Waals surface area contributed by atoms with Crippen LogP contribution in [0.1, 0.15) is 22.9 Å². The van der Waals surface area contributed by atoms with Crippen LogP contribution < -0.4 is 0 Å². The second-order valence-electron chi connectivity index (χ2n) is 3.40. The Morgan fingerprint density at radius 3 is 2.33 bits per heavy atom. The number of benzene rings is 1. The molecular formula is C12H12N2O. The van der Waals surface area contributed by atoms with Crippen molar-refractivity contribution in [2.45, 2.75) is 13.8 Å². The van der Waals surface area contributed by atoms with Crippen LogP contribution in [0, 0.1) is 13.8 Å². The molecule has 0 amide bonds. The first-order valence-electron chi connectivity index (χ1n) is 4.79. The van der Waals surface area contributed by atoms with Gasteiger partial charge in [0.25, 0.3) is 0 Å². The van der Waals surface area contributed by atoms with Crippen LogP contribution in [0.5, 0.6) is 0 Å². The molecule has 0 spiro atoms. The molecule has 15 heavy (non-hydrogen) atoms. The highest BCUT2D eigenvalue weighted by Gasteiger charge is 1.95.